The zero-order valence-electron chi connectivity index (χ0n) is 22.0. The summed E-state index contributed by atoms with van der Waals surface area (Å²) in [6, 6.07) is 13.4. The summed E-state index contributed by atoms with van der Waals surface area (Å²) in [7, 11) is -2.40. The minimum atomic E-state index is -3.96. The normalized spacial score (nSPS) is 12.3. The van der Waals surface area contributed by atoms with Crippen molar-refractivity contribution in [1.29, 1.82) is 0 Å². The average Bonchev–Trinajstić information content (AvgIpc) is 3.19. The molecule has 2 N–H and O–H groups in total. The highest BCUT2D eigenvalue weighted by Crippen LogP contribution is 2.30. The first-order chi connectivity index (χ1) is 17.5. The van der Waals surface area contributed by atoms with Crippen molar-refractivity contribution in [3.8, 4) is 11.1 Å². The van der Waals surface area contributed by atoms with Crippen LogP contribution in [0.4, 0.5) is 5.88 Å². The fraction of sp³-hybridized carbons (Fsp3) is 0.370. The van der Waals surface area contributed by atoms with Gasteiger partial charge in [0.05, 0.1) is 10.6 Å². The van der Waals surface area contributed by atoms with Crippen LogP contribution in [0.15, 0.2) is 57.9 Å². The fourth-order valence-corrected chi connectivity index (χ4v) is 5.39. The zero-order chi connectivity index (χ0) is 27.3. The highest BCUT2D eigenvalue weighted by molar-refractivity contribution is 7.92. The second-order valence-electron chi connectivity index (χ2n) is 9.20. The SMILES string of the molecule is CCC(=O)N(Cc1ccc(-c2ccccc2S(=O)(=O)Nc2onc(C)c2C)cc1)C(C(=O)NC)C(C)C. The minimum absolute atomic E-state index is 0.0731. The molecule has 0 fully saturated rings. The smallest absolute Gasteiger partial charge is 0.264 e. The van der Waals surface area contributed by atoms with Crippen LogP contribution >= 0.6 is 0 Å². The summed E-state index contributed by atoms with van der Waals surface area (Å²) in [6.07, 6.45) is 0.278. The van der Waals surface area contributed by atoms with Gasteiger partial charge in [0.25, 0.3) is 10.0 Å². The van der Waals surface area contributed by atoms with Gasteiger partial charge in [-0.1, -0.05) is 68.4 Å². The van der Waals surface area contributed by atoms with Crippen molar-refractivity contribution >= 4 is 27.7 Å². The summed E-state index contributed by atoms with van der Waals surface area (Å²) in [4.78, 5) is 27.0. The minimum Gasteiger partial charge on any atom is -0.357 e. The maximum Gasteiger partial charge on any atom is 0.264 e. The number of nitrogens with one attached hydrogen (secondary N) is 2. The Labute approximate surface area is 218 Å². The number of hydrogen-bond donors (Lipinski definition) is 2. The first kappa shape index (κ1) is 27.9. The van der Waals surface area contributed by atoms with E-state index in [0.29, 0.717) is 22.4 Å². The summed E-state index contributed by atoms with van der Waals surface area (Å²) in [5.41, 5.74) is 3.25. The van der Waals surface area contributed by atoms with Crippen LogP contribution in [-0.4, -0.2) is 43.4 Å². The molecule has 0 aliphatic carbocycles. The maximum absolute atomic E-state index is 13.2. The van der Waals surface area contributed by atoms with Gasteiger partial charge in [0, 0.05) is 31.1 Å². The van der Waals surface area contributed by atoms with Crippen LogP contribution in [0.5, 0.6) is 0 Å². The van der Waals surface area contributed by atoms with Crippen LogP contribution in [0.1, 0.15) is 44.0 Å². The van der Waals surface area contributed by atoms with Gasteiger partial charge in [-0.15, -0.1) is 0 Å². The summed E-state index contributed by atoms with van der Waals surface area (Å²) >= 11 is 0. The van der Waals surface area contributed by atoms with Crippen molar-refractivity contribution in [3.05, 3.63) is 65.4 Å². The fourth-order valence-electron chi connectivity index (χ4n) is 4.11. The molecule has 3 aromatic rings. The molecule has 1 aromatic heterocycles. The Morgan fingerprint density at radius 2 is 1.70 bits per heavy atom. The first-order valence-electron chi connectivity index (χ1n) is 12.1. The predicted molar refractivity (Wildman–Crippen MR) is 142 cm³/mol. The molecule has 10 heteroatoms. The third-order valence-electron chi connectivity index (χ3n) is 6.28. The number of nitrogens with zero attached hydrogens (tertiary/aromatic N) is 2. The molecule has 9 nitrogen and oxygen atoms in total. The first-order valence-corrected chi connectivity index (χ1v) is 13.6. The number of rotatable bonds is 10. The van der Waals surface area contributed by atoms with Gasteiger partial charge >= 0.3 is 0 Å². The molecule has 0 saturated carbocycles. The molecule has 37 heavy (non-hydrogen) atoms. The van der Waals surface area contributed by atoms with Crippen molar-refractivity contribution in [1.82, 2.24) is 15.4 Å². The molecule has 1 heterocycles. The van der Waals surface area contributed by atoms with E-state index in [0.717, 1.165) is 5.56 Å². The van der Waals surface area contributed by atoms with Gasteiger partial charge < -0.3 is 14.7 Å². The van der Waals surface area contributed by atoms with Crippen LogP contribution in [0.3, 0.4) is 0 Å². The number of amides is 2. The number of aromatic nitrogens is 1. The van der Waals surface area contributed by atoms with Gasteiger partial charge in [-0.2, -0.15) is 0 Å². The third-order valence-corrected chi connectivity index (χ3v) is 7.67. The Bertz CT molecular complexity index is 1360. The van der Waals surface area contributed by atoms with Crippen molar-refractivity contribution in [2.24, 2.45) is 5.92 Å². The van der Waals surface area contributed by atoms with Gasteiger partial charge in [0.15, 0.2) is 0 Å². The van der Waals surface area contributed by atoms with E-state index in [1.165, 1.54) is 6.07 Å². The summed E-state index contributed by atoms with van der Waals surface area (Å²) in [5, 5.41) is 6.47. The lowest BCUT2D eigenvalue weighted by atomic mass is 9.99. The van der Waals surface area contributed by atoms with E-state index in [4.69, 9.17) is 4.52 Å². The molecule has 0 saturated heterocycles. The van der Waals surface area contributed by atoms with E-state index in [1.807, 2.05) is 38.1 Å². The molecular weight excluding hydrogens is 492 g/mol. The Morgan fingerprint density at radius 3 is 2.24 bits per heavy atom. The van der Waals surface area contributed by atoms with E-state index in [1.54, 1.807) is 50.9 Å². The second-order valence-corrected chi connectivity index (χ2v) is 10.8. The molecule has 0 aliphatic rings. The Morgan fingerprint density at radius 1 is 1.05 bits per heavy atom. The monoisotopic (exact) mass is 526 g/mol. The number of hydrogen-bond acceptors (Lipinski definition) is 6. The summed E-state index contributed by atoms with van der Waals surface area (Å²) < 4.78 is 34.1. The number of aryl methyl sites for hydroxylation is 1. The van der Waals surface area contributed by atoms with Crippen molar-refractivity contribution in [3.63, 3.8) is 0 Å². The van der Waals surface area contributed by atoms with E-state index in [2.05, 4.69) is 15.2 Å². The largest absolute Gasteiger partial charge is 0.357 e. The van der Waals surface area contributed by atoms with Gasteiger partial charge in [-0.05, 0) is 37.0 Å². The molecule has 0 bridgehead atoms. The van der Waals surface area contributed by atoms with Gasteiger partial charge in [0.2, 0.25) is 17.7 Å². The lowest BCUT2D eigenvalue weighted by Gasteiger charge is -2.33. The average molecular weight is 527 g/mol. The quantitative estimate of drug-likeness (QED) is 0.407. The molecule has 2 amide bonds. The topological polar surface area (TPSA) is 122 Å². The number of sulfonamides is 1. The maximum atomic E-state index is 13.2. The predicted octanol–water partition coefficient (Wildman–Crippen LogP) is 4.27. The molecule has 1 atom stereocenters. The third kappa shape index (κ3) is 6.19. The van der Waals surface area contributed by atoms with E-state index in [-0.39, 0.29) is 41.5 Å². The molecule has 198 valence electrons. The van der Waals surface area contributed by atoms with E-state index >= 15 is 0 Å². The lowest BCUT2D eigenvalue weighted by molar-refractivity contribution is -0.142. The summed E-state index contributed by atoms with van der Waals surface area (Å²) in [5.74, 6) is -0.320. The van der Waals surface area contributed by atoms with Crippen molar-refractivity contribution < 1.29 is 22.5 Å². The molecule has 0 spiro atoms. The summed E-state index contributed by atoms with van der Waals surface area (Å²) in [6.45, 7) is 9.31. The van der Waals surface area contributed by atoms with Crippen molar-refractivity contribution in [2.75, 3.05) is 11.8 Å². The van der Waals surface area contributed by atoms with Crippen LogP contribution in [0, 0.1) is 19.8 Å². The zero-order valence-corrected chi connectivity index (χ0v) is 22.8. The molecule has 0 radical (unpaired) electrons. The molecule has 3 rings (SSSR count). The molecule has 0 aliphatic heterocycles. The van der Waals surface area contributed by atoms with Crippen LogP contribution < -0.4 is 10.0 Å². The Kier molecular flexibility index (Phi) is 8.75. The standard InChI is InChI=1S/C27H34N4O5S/c1-7-24(32)31(25(17(2)3)26(33)28-6)16-20-12-14-21(15-13-20)22-10-8-9-11-23(22)37(34,35)30-27-18(4)19(5)29-36-27/h8-15,17,25,30H,7,16H2,1-6H3,(H,28,33). The van der Waals surface area contributed by atoms with E-state index < -0.39 is 16.1 Å². The van der Waals surface area contributed by atoms with Gasteiger partial charge in [-0.3, -0.25) is 9.59 Å². The number of benzene rings is 2. The second kappa shape index (κ2) is 11.6. The number of likely N-dealkylation sites (N-methyl/N-ethyl adjacent to an activating group) is 1. The molecule has 1 unspecified atom stereocenters. The highest BCUT2D eigenvalue weighted by Gasteiger charge is 2.31. The van der Waals surface area contributed by atoms with Gasteiger partial charge in [-0.25, -0.2) is 13.1 Å². The Hall–Kier alpha value is -3.66. The molecule has 2 aromatic carbocycles. The van der Waals surface area contributed by atoms with E-state index in [9.17, 15) is 18.0 Å². The number of carbonyl (C=O) groups excluding carboxylic acids is 2. The van der Waals surface area contributed by atoms with Gasteiger partial charge in [0.1, 0.15) is 6.04 Å². The number of carbonyl (C=O) groups is 2. The highest BCUT2D eigenvalue weighted by atomic mass is 32.2. The van der Waals surface area contributed by atoms with Crippen LogP contribution in [0.25, 0.3) is 11.1 Å². The van der Waals surface area contributed by atoms with Crippen LogP contribution in [-0.2, 0) is 26.2 Å². The number of anilines is 1. The van der Waals surface area contributed by atoms with Crippen molar-refractivity contribution in [2.45, 2.75) is 58.5 Å². The Balaban J connectivity index is 1.92. The van der Waals surface area contributed by atoms with Crippen LogP contribution in [0.2, 0.25) is 0 Å². The molecular formula is C27H34N4O5S. The lowest BCUT2D eigenvalue weighted by Crippen LogP contribution is -2.51.